The van der Waals surface area contributed by atoms with E-state index in [1.54, 1.807) is 6.08 Å². The lowest BCUT2D eigenvalue weighted by Gasteiger charge is -2.31. The summed E-state index contributed by atoms with van der Waals surface area (Å²) in [6.45, 7) is 6.53. The molecule has 12 heavy (non-hydrogen) atoms. The van der Waals surface area contributed by atoms with Gasteiger partial charge in [0.05, 0.1) is 5.70 Å². The Hall–Kier alpha value is -0.790. The van der Waals surface area contributed by atoms with Crippen molar-refractivity contribution in [2.45, 2.75) is 25.9 Å². The number of hydrogen-bond acceptors (Lipinski definition) is 1. The van der Waals surface area contributed by atoms with Gasteiger partial charge in [0.15, 0.2) is 0 Å². The second-order valence-electron chi connectivity index (χ2n) is 3.30. The van der Waals surface area contributed by atoms with E-state index in [0.29, 0.717) is 6.42 Å². The summed E-state index contributed by atoms with van der Waals surface area (Å²) in [4.78, 5) is 1.99. The molecule has 1 atom stereocenters. The fourth-order valence-corrected chi connectivity index (χ4v) is 1.66. The average Bonchev–Trinajstić information content (AvgIpc) is 2.03. The van der Waals surface area contributed by atoms with Gasteiger partial charge < -0.3 is 4.90 Å². The van der Waals surface area contributed by atoms with Crippen molar-refractivity contribution < 1.29 is 4.39 Å². The van der Waals surface area contributed by atoms with Crippen molar-refractivity contribution in [3.05, 3.63) is 23.9 Å². The Bertz CT molecular complexity index is 196. The summed E-state index contributed by atoms with van der Waals surface area (Å²) in [5, 5.41) is 0. The van der Waals surface area contributed by atoms with E-state index in [9.17, 15) is 4.39 Å². The minimum Gasteiger partial charge on any atom is -0.375 e. The zero-order valence-electron chi connectivity index (χ0n) is 7.81. The SMILES string of the molecule is C=C/C(C)=C1/C(F)CCCN1C. The highest BCUT2D eigenvalue weighted by molar-refractivity contribution is 5.25. The van der Waals surface area contributed by atoms with Gasteiger partial charge in [0.2, 0.25) is 0 Å². The number of piperidine rings is 1. The van der Waals surface area contributed by atoms with Crippen LogP contribution in [0.15, 0.2) is 23.9 Å². The molecule has 0 aromatic heterocycles. The third-order valence-corrected chi connectivity index (χ3v) is 2.37. The van der Waals surface area contributed by atoms with E-state index in [2.05, 4.69) is 6.58 Å². The average molecular weight is 169 g/mol. The van der Waals surface area contributed by atoms with Gasteiger partial charge in [-0.15, -0.1) is 0 Å². The lowest BCUT2D eigenvalue weighted by atomic mass is 10.0. The van der Waals surface area contributed by atoms with Gasteiger partial charge in [-0.05, 0) is 25.3 Å². The topological polar surface area (TPSA) is 3.24 Å². The summed E-state index contributed by atoms with van der Waals surface area (Å²) < 4.78 is 13.4. The van der Waals surface area contributed by atoms with E-state index in [-0.39, 0.29) is 0 Å². The summed E-state index contributed by atoms with van der Waals surface area (Å²) in [7, 11) is 1.94. The molecule has 1 aliphatic heterocycles. The van der Waals surface area contributed by atoms with Crippen LogP contribution in [0.1, 0.15) is 19.8 Å². The first-order valence-corrected chi connectivity index (χ1v) is 4.35. The molecule has 0 aromatic rings. The van der Waals surface area contributed by atoms with Crippen molar-refractivity contribution in [2.24, 2.45) is 0 Å². The van der Waals surface area contributed by atoms with Gasteiger partial charge in [-0.3, -0.25) is 0 Å². The van der Waals surface area contributed by atoms with Crippen molar-refractivity contribution in [2.75, 3.05) is 13.6 Å². The first-order chi connectivity index (χ1) is 5.66. The van der Waals surface area contributed by atoms with Crippen LogP contribution >= 0.6 is 0 Å². The largest absolute Gasteiger partial charge is 0.375 e. The number of nitrogens with zero attached hydrogens (tertiary/aromatic N) is 1. The Kier molecular flexibility index (Phi) is 2.90. The molecular formula is C10H16FN. The fraction of sp³-hybridized carbons (Fsp3) is 0.600. The summed E-state index contributed by atoms with van der Waals surface area (Å²) >= 11 is 0. The monoisotopic (exact) mass is 169 g/mol. The van der Waals surface area contributed by atoms with Crippen LogP contribution in [0, 0.1) is 0 Å². The Morgan fingerprint density at radius 2 is 2.42 bits per heavy atom. The van der Waals surface area contributed by atoms with Crippen LogP contribution in [0.3, 0.4) is 0 Å². The fourth-order valence-electron chi connectivity index (χ4n) is 1.66. The molecule has 0 bridgehead atoms. The highest BCUT2D eigenvalue weighted by Crippen LogP contribution is 2.25. The third-order valence-electron chi connectivity index (χ3n) is 2.37. The number of alkyl halides is 1. The van der Waals surface area contributed by atoms with Crippen molar-refractivity contribution in [3.8, 4) is 0 Å². The van der Waals surface area contributed by atoms with Crippen molar-refractivity contribution in [1.82, 2.24) is 4.90 Å². The molecule has 0 spiro atoms. The third kappa shape index (κ3) is 1.68. The van der Waals surface area contributed by atoms with E-state index >= 15 is 0 Å². The molecule has 1 rings (SSSR count). The zero-order valence-corrected chi connectivity index (χ0v) is 7.81. The predicted octanol–water partition coefficient (Wildman–Crippen LogP) is 2.51. The molecule has 0 radical (unpaired) electrons. The smallest absolute Gasteiger partial charge is 0.140 e. The zero-order chi connectivity index (χ0) is 9.14. The number of halogens is 1. The van der Waals surface area contributed by atoms with Crippen LogP contribution < -0.4 is 0 Å². The van der Waals surface area contributed by atoms with Gasteiger partial charge in [-0.2, -0.15) is 0 Å². The van der Waals surface area contributed by atoms with E-state index in [1.807, 2.05) is 18.9 Å². The molecule has 2 heteroatoms. The maximum atomic E-state index is 13.4. The minimum atomic E-state index is -0.790. The molecule has 0 saturated carbocycles. The minimum absolute atomic E-state index is 0.658. The van der Waals surface area contributed by atoms with Gasteiger partial charge in [-0.25, -0.2) is 4.39 Å². The predicted molar refractivity (Wildman–Crippen MR) is 49.7 cm³/mol. The lowest BCUT2D eigenvalue weighted by molar-refractivity contribution is 0.221. The molecule has 0 amide bonds. The Balaban J connectivity index is 2.89. The molecule has 1 fully saturated rings. The Morgan fingerprint density at radius 3 is 2.92 bits per heavy atom. The number of allylic oxidation sites excluding steroid dienone is 3. The summed E-state index contributed by atoms with van der Waals surface area (Å²) in [6.07, 6.45) is 2.54. The molecule has 1 heterocycles. The van der Waals surface area contributed by atoms with Gasteiger partial charge in [0, 0.05) is 13.6 Å². The molecule has 0 N–H and O–H groups in total. The Morgan fingerprint density at radius 1 is 1.75 bits per heavy atom. The number of rotatable bonds is 1. The molecule has 0 aliphatic carbocycles. The summed E-state index contributed by atoms with van der Waals surface area (Å²) in [5.74, 6) is 0. The molecule has 1 unspecified atom stereocenters. The summed E-state index contributed by atoms with van der Waals surface area (Å²) in [5.41, 5.74) is 1.78. The lowest BCUT2D eigenvalue weighted by Crippen LogP contribution is -2.31. The highest BCUT2D eigenvalue weighted by atomic mass is 19.1. The standard InChI is InChI=1S/C10H16FN/c1-4-8(2)10-9(11)6-5-7-12(10)3/h4,9H,1,5-7H2,2-3H3/b10-8-. The van der Waals surface area contributed by atoms with E-state index < -0.39 is 6.17 Å². The van der Waals surface area contributed by atoms with Crippen LogP contribution in [0.4, 0.5) is 4.39 Å². The van der Waals surface area contributed by atoms with Crippen LogP contribution in [0.25, 0.3) is 0 Å². The van der Waals surface area contributed by atoms with Gasteiger partial charge in [-0.1, -0.05) is 12.7 Å². The second-order valence-corrected chi connectivity index (χ2v) is 3.30. The molecule has 1 saturated heterocycles. The van der Waals surface area contributed by atoms with Crippen molar-refractivity contribution >= 4 is 0 Å². The second kappa shape index (κ2) is 3.74. The summed E-state index contributed by atoms with van der Waals surface area (Å²) in [6, 6.07) is 0. The molecule has 0 aromatic carbocycles. The molecular weight excluding hydrogens is 153 g/mol. The van der Waals surface area contributed by atoms with Gasteiger partial charge in [0.1, 0.15) is 6.17 Å². The van der Waals surface area contributed by atoms with E-state index in [4.69, 9.17) is 0 Å². The first-order valence-electron chi connectivity index (χ1n) is 4.35. The number of likely N-dealkylation sites (tertiary alicyclic amines) is 1. The quantitative estimate of drug-likeness (QED) is 0.583. The van der Waals surface area contributed by atoms with Crippen LogP contribution in [-0.4, -0.2) is 24.7 Å². The van der Waals surface area contributed by atoms with Crippen molar-refractivity contribution in [3.63, 3.8) is 0 Å². The van der Waals surface area contributed by atoms with Crippen LogP contribution in [0.5, 0.6) is 0 Å². The van der Waals surface area contributed by atoms with Crippen LogP contribution in [0.2, 0.25) is 0 Å². The maximum absolute atomic E-state index is 13.4. The molecule has 1 nitrogen and oxygen atoms in total. The van der Waals surface area contributed by atoms with E-state index in [0.717, 1.165) is 24.2 Å². The van der Waals surface area contributed by atoms with Crippen LogP contribution in [-0.2, 0) is 0 Å². The molecule has 1 aliphatic rings. The van der Waals surface area contributed by atoms with Gasteiger partial charge >= 0.3 is 0 Å². The Labute approximate surface area is 73.6 Å². The normalized spacial score (nSPS) is 28.6. The van der Waals surface area contributed by atoms with Gasteiger partial charge in [0.25, 0.3) is 0 Å². The highest BCUT2D eigenvalue weighted by Gasteiger charge is 2.22. The maximum Gasteiger partial charge on any atom is 0.140 e. The number of hydrogen-bond donors (Lipinski definition) is 0. The van der Waals surface area contributed by atoms with Crippen molar-refractivity contribution in [1.29, 1.82) is 0 Å². The first kappa shape index (κ1) is 9.30. The molecule has 68 valence electrons. The van der Waals surface area contributed by atoms with E-state index in [1.165, 1.54) is 0 Å².